The van der Waals surface area contributed by atoms with Gasteiger partial charge >= 0.3 is 6.03 Å². The van der Waals surface area contributed by atoms with Crippen LogP contribution in [-0.4, -0.2) is 51.4 Å². The maximum atomic E-state index is 12.0. The molecule has 1 N–H and O–H groups in total. The molecule has 2 rings (SSSR count). The van der Waals surface area contributed by atoms with E-state index >= 15 is 0 Å². The van der Waals surface area contributed by atoms with E-state index in [0.717, 1.165) is 44.8 Å². The number of carbonyl (C=O) groups excluding carboxylic acids is 1. The monoisotopic (exact) mass is 306 g/mol. The van der Waals surface area contributed by atoms with E-state index in [1.54, 1.807) is 12.0 Å². The van der Waals surface area contributed by atoms with Crippen molar-refractivity contribution in [2.45, 2.75) is 19.3 Å². The van der Waals surface area contributed by atoms with Gasteiger partial charge in [0.25, 0.3) is 0 Å². The number of hydrogen-bond donors (Lipinski definition) is 1. The lowest BCUT2D eigenvalue weighted by Gasteiger charge is -2.20. The Morgan fingerprint density at radius 1 is 1.50 bits per heavy atom. The molecule has 2 amide bonds. The molecule has 22 heavy (non-hydrogen) atoms. The minimum absolute atomic E-state index is 0.00228. The van der Waals surface area contributed by atoms with Crippen LogP contribution in [0.3, 0.4) is 0 Å². The Morgan fingerprint density at radius 2 is 2.36 bits per heavy atom. The van der Waals surface area contributed by atoms with Crippen LogP contribution in [-0.2, 0) is 11.2 Å². The highest BCUT2D eigenvalue weighted by atomic mass is 16.5. The summed E-state index contributed by atoms with van der Waals surface area (Å²) in [5, 5.41) is 2.97. The highest BCUT2D eigenvalue weighted by Gasteiger charge is 2.19. The highest BCUT2D eigenvalue weighted by Crippen LogP contribution is 2.14. The number of aryl methyl sites for hydroxylation is 1. The molecule has 1 aromatic carbocycles. The molecule has 1 fully saturated rings. The van der Waals surface area contributed by atoms with E-state index in [4.69, 9.17) is 9.47 Å². The van der Waals surface area contributed by atoms with E-state index in [1.165, 1.54) is 5.56 Å². The summed E-state index contributed by atoms with van der Waals surface area (Å²) in [4.78, 5) is 13.8. The Kier molecular flexibility index (Phi) is 6.52. The molecule has 0 unspecified atom stereocenters. The first-order valence-electron chi connectivity index (χ1n) is 7.88. The summed E-state index contributed by atoms with van der Waals surface area (Å²) >= 11 is 0. The Balaban J connectivity index is 1.63. The zero-order valence-corrected chi connectivity index (χ0v) is 13.5. The van der Waals surface area contributed by atoms with Crippen LogP contribution in [0.4, 0.5) is 4.79 Å². The van der Waals surface area contributed by atoms with Crippen molar-refractivity contribution in [1.82, 2.24) is 10.2 Å². The number of nitrogens with zero attached hydrogens (tertiary/aromatic N) is 1. The van der Waals surface area contributed by atoms with Gasteiger partial charge in [0, 0.05) is 32.7 Å². The van der Waals surface area contributed by atoms with E-state index in [-0.39, 0.29) is 6.03 Å². The fourth-order valence-electron chi connectivity index (χ4n) is 2.65. The summed E-state index contributed by atoms with van der Waals surface area (Å²) in [7, 11) is 3.51. The number of nitrogens with one attached hydrogen (secondary N) is 1. The lowest BCUT2D eigenvalue weighted by Crippen LogP contribution is -2.40. The number of benzene rings is 1. The second-order valence-electron chi connectivity index (χ2n) is 5.80. The van der Waals surface area contributed by atoms with Gasteiger partial charge in [0.05, 0.1) is 13.7 Å². The van der Waals surface area contributed by atoms with E-state index in [1.807, 2.05) is 25.2 Å². The summed E-state index contributed by atoms with van der Waals surface area (Å²) in [5.74, 6) is 1.35. The molecular weight excluding hydrogens is 280 g/mol. The Labute approximate surface area is 132 Å². The van der Waals surface area contributed by atoms with Crippen LogP contribution < -0.4 is 10.1 Å². The molecule has 0 aromatic heterocycles. The second-order valence-corrected chi connectivity index (χ2v) is 5.80. The quantitative estimate of drug-likeness (QED) is 0.787. The van der Waals surface area contributed by atoms with Crippen molar-refractivity contribution in [2.24, 2.45) is 5.92 Å². The van der Waals surface area contributed by atoms with Crippen LogP contribution in [0.25, 0.3) is 0 Å². The first kappa shape index (κ1) is 16.6. The minimum Gasteiger partial charge on any atom is -0.497 e. The van der Waals surface area contributed by atoms with Gasteiger partial charge in [-0.2, -0.15) is 0 Å². The highest BCUT2D eigenvalue weighted by molar-refractivity contribution is 5.73. The van der Waals surface area contributed by atoms with Gasteiger partial charge in [-0.25, -0.2) is 4.79 Å². The maximum absolute atomic E-state index is 12.0. The Morgan fingerprint density at radius 3 is 3.09 bits per heavy atom. The standard InChI is InChI=1S/C17H26N2O3/c1-19(12-15-8-10-22-13-15)17(20)18-9-4-6-14-5-3-7-16(11-14)21-2/h3,5,7,11,15H,4,6,8-10,12-13H2,1-2H3,(H,18,20)/t15-/m0/s1. The summed E-state index contributed by atoms with van der Waals surface area (Å²) < 4.78 is 10.5. The molecule has 0 saturated carbocycles. The Bertz CT molecular complexity index is 473. The van der Waals surface area contributed by atoms with Gasteiger partial charge in [-0.15, -0.1) is 0 Å². The van der Waals surface area contributed by atoms with Gasteiger partial charge in [0.1, 0.15) is 5.75 Å². The maximum Gasteiger partial charge on any atom is 0.317 e. The van der Waals surface area contributed by atoms with E-state index in [9.17, 15) is 4.79 Å². The van der Waals surface area contributed by atoms with Crippen LogP contribution >= 0.6 is 0 Å². The van der Waals surface area contributed by atoms with Crippen molar-refractivity contribution >= 4 is 6.03 Å². The lowest BCUT2D eigenvalue weighted by atomic mass is 10.1. The molecule has 0 radical (unpaired) electrons. The Hall–Kier alpha value is -1.75. The predicted molar refractivity (Wildman–Crippen MR) is 86.3 cm³/mol. The average molecular weight is 306 g/mol. The number of ether oxygens (including phenoxy) is 2. The predicted octanol–water partition coefficient (Wildman–Crippen LogP) is 2.31. The fourth-order valence-corrected chi connectivity index (χ4v) is 2.65. The first-order valence-corrected chi connectivity index (χ1v) is 7.88. The minimum atomic E-state index is -0.00228. The normalized spacial score (nSPS) is 17.3. The zero-order chi connectivity index (χ0) is 15.8. The van der Waals surface area contributed by atoms with Crippen LogP contribution in [0, 0.1) is 5.92 Å². The van der Waals surface area contributed by atoms with Crippen LogP contribution in [0.15, 0.2) is 24.3 Å². The average Bonchev–Trinajstić information content (AvgIpc) is 3.04. The summed E-state index contributed by atoms with van der Waals surface area (Å²) in [6.45, 7) is 3.04. The second kappa shape index (κ2) is 8.63. The molecule has 1 atom stereocenters. The molecular formula is C17H26N2O3. The van der Waals surface area contributed by atoms with Gasteiger partial charge in [-0.3, -0.25) is 0 Å². The molecule has 1 aliphatic heterocycles. The smallest absolute Gasteiger partial charge is 0.317 e. The first-order chi connectivity index (χ1) is 10.7. The van der Waals surface area contributed by atoms with Gasteiger partial charge in [0.15, 0.2) is 0 Å². The number of methoxy groups -OCH3 is 1. The topological polar surface area (TPSA) is 50.8 Å². The van der Waals surface area contributed by atoms with Crippen LogP contribution in [0.2, 0.25) is 0 Å². The molecule has 0 bridgehead atoms. The molecule has 1 saturated heterocycles. The molecule has 1 heterocycles. The lowest BCUT2D eigenvalue weighted by molar-refractivity contribution is 0.171. The molecule has 0 aliphatic carbocycles. The van der Waals surface area contributed by atoms with Crippen molar-refractivity contribution < 1.29 is 14.3 Å². The van der Waals surface area contributed by atoms with E-state index in [0.29, 0.717) is 12.5 Å². The van der Waals surface area contributed by atoms with Gasteiger partial charge in [-0.1, -0.05) is 12.1 Å². The molecule has 5 heteroatoms. The van der Waals surface area contributed by atoms with Crippen molar-refractivity contribution in [3.63, 3.8) is 0 Å². The number of carbonyl (C=O) groups is 1. The van der Waals surface area contributed by atoms with Crippen LogP contribution in [0.1, 0.15) is 18.4 Å². The van der Waals surface area contributed by atoms with Crippen molar-refractivity contribution in [1.29, 1.82) is 0 Å². The van der Waals surface area contributed by atoms with Gasteiger partial charge < -0.3 is 19.7 Å². The third-order valence-electron chi connectivity index (χ3n) is 3.96. The molecule has 5 nitrogen and oxygen atoms in total. The summed E-state index contributed by atoms with van der Waals surface area (Å²) in [6.07, 6.45) is 2.89. The molecule has 1 aromatic rings. The third-order valence-corrected chi connectivity index (χ3v) is 3.96. The van der Waals surface area contributed by atoms with Crippen LogP contribution in [0.5, 0.6) is 5.75 Å². The van der Waals surface area contributed by atoms with Crippen molar-refractivity contribution in [2.75, 3.05) is 40.5 Å². The summed E-state index contributed by atoms with van der Waals surface area (Å²) in [5.41, 5.74) is 1.23. The molecule has 0 spiro atoms. The SMILES string of the molecule is COc1cccc(CCCNC(=O)N(C)C[C@@H]2CCOC2)c1. The van der Waals surface area contributed by atoms with Gasteiger partial charge in [0.2, 0.25) is 0 Å². The largest absolute Gasteiger partial charge is 0.497 e. The number of urea groups is 1. The third kappa shape index (κ3) is 5.22. The molecule has 1 aliphatic rings. The number of rotatable bonds is 7. The van der Waals surface area contributed by atoms with Crippen molar-refractivity contribution in [3.05, 3.63) is 29.8 Å². The van der Waals surface area contributed by atoms with E-state index < -0.39 is 0 Å². The molecule has 122 valence electrons. The van der Waals surface area contributed by atoms with Crippen molar-refractivity contribution in [3.8, 4) is 5.75 Å². The van der Waals surface area contributed by atoms with Gasteiger partial charge in [-0.05, 0) is 37.0 Å². The fraction of sp³-hybridized carbons (Fsp3) is 0.588. The summed E-state index contributed by atoms with van der Waals surface area (Å²) in [6, 6.07) is 8.04. The van der Waals surface area contributed by atoms with E-state index in [2.05, 4.69) is 11.4 Å². The zero-order valence-electron chi connectivity index (χ0n) is 13.5. The number of hydrogen-bond acceptors (Lipinski definition) is 3. The number of amides is 2.